The van der Waals surface area contributed by atoms with Gasteiger partial charge in [0.15, 0.2) is 5.82 Å². The van der Waals surface area contributed by atoms with E-state index in [1.165, 1.54) is 13.2 Å². The molecule has 1 unspecified atom stereocenters. The number of hydrogen-bond acceptors (Lipinski definition) is 5. The Balaban J connectivity index is 1.56. The molecular formula is C19H15ClFN3O3. The van der Waals surface area contributed by atoms with Gasteiger partial charge in [-0.05, 0) is 30.3 Å². The molecule has 6 nitrogen and oxygen atoms in total. The van der Waals surface area contributed by atoms with E-state index in [9.17, 15) is 9.18 Å². The van der Waals surface area contributed by atoms with E-state index in [0.29, 0.717) is 28.8 Å². The summed E-state index contributed by atoms with van der Waals surface area (Å²) in [5.41, 5.74) is 0.908. The van der Waals surface area contributed by atoms with Crippen LogP contribution in [0.4, 0.5) is 10.1 Å². The average Bonchev–Trinajstić information content (AvgIpc) is 3.29. The first-order valence-corrected chi connectivity index (χ1v) is 8.67. The second-order valence-electron chi connectivity index (χ2n) is 6.16. The fourth-order valence-electron chi connectivity index (χ4n) is 3.10. The molecule has 1 aromatic heterocycles. The molecule has 0 N–H and O–H groups in total. The van der Waals surface area contributed by atoms with Crippen molar-refractivity contribution in [2.75, 3.05) is 18.6 Å². The molecule has 2 aromatic carbocycles. The summed E-state index contributed by atoms with van der Waals surface area (Å²) in [5, 5.41) is 4.37. The third-order valence-electron chi connectivity index (χ3n) is 4.48. The highest BCUT2D eigenvalue weighted by atomic mass is 35.5. The number of benzene rings is 2. The lowest BCUT2D eigenvalue weighted by Crippen LogP contribution is -2.24. The summed E-state index contributed by atoms with van der Waals surface area (Å²) in [6, 6.07) is 11.3. The van der Waals surface area contributed by atoms with Crippen LogP contribution in [0.2, 0.25) is 5.02 Å². The van der Waals surface area contributed by atoms with Crippen LogP contribution in [0, 0.1) is 5.82 Å². The van der Waals surface area contributed by atoms with Crippen LogP contribution in [0.15, 0.2) is 47.0 Å². The van der Waals surface area contributed by atoms with Gasteiger partial charge in [0.1, 0.15) is 11.6 Å². The summed E-state index contributed by atoms with van der Waals surface area (Å²) in [4.78, 5) is 18.4. The molecule has 0 aliphatic carbocycles. The number of halogens is 2. The maximum Gasteiger partial charge on any atom is 0.260 e. The van der Waals surface area contributed by atoms with Gasteiger partial charge < -0.3 is 14.2 Å². The van der Waals surface area contributed by atoms with Crippen LogP contribution >= 0.6 is 11.6 Å². The van der Waals surface area contributed by atoms with Crippen LogP contribution in [-0.4, -0.2) is 29.7 Å². The molecule has 0 saturated carbocycles. The molecule has 0 spiro atoms. The molecular weight excluding hydrogens is 373 g/mol. The molecule has 3 aromatic rings. The van der Waals surface area contributed by atoms with Crippen molar-refractivity contribution in [3.63, 3.8) is 0 Å². The molecule has 4 rings (SSSR count). The van der Waals surface area contributed by atoms with E-state index in [2.05, 4.69) is 10.1 Å². The molecule has 1 atom stereocenters. The summed E-state index contributed by atoms with van der Waals surface area (Å²) >= 11 is 6.16. The quantitative estimate of drug-likeness (QED) is 0.675. The van der Waals surface area contributed by atoms with Gasteiger partial charge in [0.25, 0.3) is 5.89 Å². The Labute approximate surface area is 159 Å². The van der Waals surface area contributed by atoms with E-state index in [4.69, 9.17) is 20.9 Å². The van der Waals surface area contributed by atoms with Crippen molar-refractivity contribution in [1.29, 1.82) is 0 Å². The maximum atomic E-state index is 13.9. The van der Waals surface area contributed by atoms with Crippen molar-refractivity contribution >= 4 is 23.2 Å². The highest BCUT2D eigenvalue weighted by Crippen LogP contribution is 2.35. The van der Waals surface area contributed by atoms with Crippen LogP contribution in [0.3, 0.4) is 0 Å². The van der Waals surface area contributed by atoms with Crippen molar-refractivity contribution in [2.24, 2.45) is 0 Å². The minimum Gasteiger partial charge on any atom is -0.495 e. The normalized spacial score (nSPS) is 16.8. The highest BCUT2D eigenvalue weighted by molar-refractivity contribution is 6.32. The number of rotatable bonds is 4. The van der Waals surface area contributed by atoms with Crippen LogP contribution in [-0.2, 0) is 4.79 Å². The zero-order valence-corrected chi connectivity index (χ0v) is 15.1. The number of anilines is 1. The summed E-state index contributed by atoms with van der Waals surface area (Å²) < 4.78 is 24.2. The summed E-state index contributed by atoms with van der Waals surface area (Å²) in [6.07, 6.45) is 0.236. The van der Waals surface area contributed by atoms with Crippen molar-refractivity contribution in [3.05, 3.63) is 59.1 Å². The van der Waals surface area contributed by atoms with Crippen molar-refractivity contribution in [2.45, 2.75) is 12.3 Å². The molecule has 2 heterocycles. The van der Waals surface area contributed by atoms with Gasteiger partial charge in [-0.1, -0.05) is 28.9 Å². The van der Waals surface area contributed by atoms with Gasteiger partial charge in [-0.15, -0.1) is 0 Å². The summed E-state index contributed by atoms with van der Waals surface area (Å²) in [7, 11) is 1.53. The number of hydrogen-bond donors (Lipinski definition) is 0. The second-order valence-corrected chi connectivity index (χ2v) is 6.57. The molecule has 1 fully saturated rings. The third-order valence-corrected chi connectivity index (χ3v) is 4.78. The lowest BCUT2D eigenvalue weighted by molar-refractivity contribution is -0.117. The molecule has 138 valence electrons. The molecule has 8 heteroatoms. The van der Waals surface area contributed by atoms with Crippen molar-refractivity contribution in [1.82, 2.24) is 10.1 Å². The second kappa shape index (κ2) is 7.00. The van der Waals surface area contributed by atoms with Gasteiger partial charge in [0.2, 0.25) is 5.91 Å². The molecule has 0 radical (unpaired) electrons. The number of nitrogens with zero attached hydrogens (tertiary/aromatic N) is 3. The minimum atomic E-state index is -0.440. The lowest BCUT2D eigenvalue weighted by Gasteiger charge is -2.17. The molecule has 27 heavy (non-hydrogen) atoms. The average molecular weight is 388 g/mol. The number of aromatic nitrogens is 2. The van der Waals surface area contributed by atoms with E-state index in [1.54, 1.807) is 41.3 Å². The lowest BCUT2D eigenvalue weighted by atomic mass is 10.1. The minimum absolute atomic E-state index is 0.0709. The van der Waals surface area contributed by atoms with Crippen molar-refractivity contribution < 1.29 is 18.4 Å². The van der Waals surface area contributed by atoms with Crippen LogP contribution in [0.25, 0.3) is 11.5 Å². The zero-order chi connectivity index (χ0) is 19.0. The summed E-state index contributed by atoms with van der Waals surface area (Å²) in [6.45, 7) is 0.387. The number of amides is 1. The Morgan fingerprint density at radius 1 is 1.30 bits per heavy atom. The molecule has 1 amide bonds. The van der Waals surface area contributed by atoms with E-state index in [-0.39, 0.29) is 29.7 Å². The van der Waals surface area contributed by atoms with Gasteiger partial charge in [-0.25, -0.2) is 4.39 Å². The predicted molar refractivity (Wildman–Crippen MR) is 97.4 cm³/mol. The maximum absolute atomic E-state index is 13.9. The van der Waals surface area contributed by atoms with Gasteiger partial charge in [0, 0.05) is 24.6 Å². The SMILES string of the molecule is COc1ccc(N2CC(c3noc(-c4ccccc4F)n3)CC2=O)cc1Cl. The van der Waals surface area contributed by atoms with Crippen LogP contribution < -0.4 is 9.64 Å². The first-order valence-electron chi connectivity index (χ1n) is 8.29. The fraction of sp³-hybridized carbons (Fsp3) is 0.211. The number of carbonyl (C=O) groups excluding carboxylic acids is 1. The number of ether oxygens (including phenoxy) is 1. The Morgan fingerprint density at radius 2 is 2.11 bits per heavy atom. The number of carbonyl (C=O) groups is 1. The zero-order valence-electron chi connectivity index (χ0n) is 14.4. The Kier molecular flexibility index (Phi) is 4.53. The molecule has 1 aliphatic heterocycles. The Bertz CT molecular complexity index is 1010. The topological polar surface area (TPSA) is 68.5 Å². The predicted octanol–water partition coefficient (Wildman–Crippen LogP) is 4.06. The van der Waals surface area contributed by atoms with E-state index in [0.717, 1.165) is 0 Å². The van der Waals surface area contributed by atoms with Crippen molar-refractivity contribution in [3.8, 4) is 17.2 Å². The fourth-order valence-corrected chi connectivity index (χ4v) is 3.35. The molecule has 1 saturated heterocycles. The highest BCUT2D eigenvalue weighted by Gasteiger charge is 2.35. The monoisotopic (exact) mass is 387 g/mol. The Morgan fingerprint density at radius 3 is 2.85 bits per heavy atom. The standard InChI is InChI=1S/C19H15ClFN3O3/c1-26-16-7-6-12(9-14(16)20)24-10-11(8-17(24)25)18-22-19(27-23-18)13-4-2-3-5-15(13)21/h2-7,9,11H,8,10H2,1H3. The number of methoxy groups -OCH3 is 1. The van der Waals surface area contributed by atoms with E-state index in [1.807, 2.05) is 0 Å². The first kappa shape index (κ1) is 17.5. The first-order chi connectivity index (χ1) is 13.1. The third kappa shape index (κ3) is 3.26. The van der Waals surface area contributed by atoms with Crippen LogP contribution in [0.1, 0.15) is 18.2 Å². The van der Waals surface area contributed by atoms with E-state index >= 15 is 0 Å². The summed E-state index contributed by atoms with van der Waals surface area (Å²) in [5.74, 6) is 0.257. The Hall–Kier alpha value is -2.93. The largest absolute Gasteiger partial charge is 0.495 e. The molecule has 1 aliphatic rings. The van der Waals surface area contributed by atoms with Gasteiger partial charge >= 0.3 is 0 Å². The van der Waals surface area contributed by atoms with Gasteiger partial charge in [0.05, 0.1) is 17.7 Å². The smallest absolute Gasteiger partial charge is 0.260 e. The molecule has 0 bridgehead atoms. The van der Waals surface area contributed by atoms with E-state index < -0.39 is 5.82 Å². The van der Waals surface area contributed by atoms with Crippen LogP contribution in [0.5, 0.6) is 5.75 Å². The van der Waals surface area contributed by atoms with Gasteiger partial charge in [-0.3, -0.25) is 4.79 Å². The van der Waals surface area contributed by atoms with Gasteiger partial charge in [-0.2, -0.15) is 4.98 Å².